The van der Waals surface area contributed by atoms with Crippen molar-refractivity contribution in [2.24, 2.45) is 0 Å². The molecule has 0 aliphatic rings. The van der Waals surface area contributed by atoms with Crippen LogP contribution in [0.1, 0.15) is 0 Å². The molecule has 0 radical (unpaired) electrons. The number of aromatic nitrogens is 3. The number of anilines is 1. The normalized spacial score (nSPS) is 10.7. The third-order valence-electron chi connectivity index (χ3n) is 3.30. The smallest absolute Gasteiger partial charge is 0.234 e. The number of nitrogen functional groups attached to an aromatic ring is 1. The summed E-state index contributed by atoms with van der Waals surface area (Å²) in [6, 6.07) is 10.9. The molecule has 3 N–H and O–H groups in total. The van der Waals surface area contributed by atoms with Gasteiger partial charge in [-0.05, 0) is 42.5 Å². The molecule has 0 bridgehead atoms. The first-order valence-electron chi connectivity index (χ1n) is 7.28. The Hall–Kier alpha value is -2.29. The number of rotatable bonds is 5. The number of carbonyl (C=O) groups excluding carboxylic acids is 1. The van der Waals surface area contributed by atoms with Gasteiger partial charge in [0.05, 0.1) is 10.8 Å². The average Bonchev–Trinajstić information content (AvgIpc) is 2.98. The van der Waals surface area contributed by atoms with Crippen LogP contribution < -0.4 is 11.2 Å². The van der Waals surface area contributed by atoms with Gasteiger partial charge >= 0.3 is 0 Å². The second-order valence-electron chi connectivity index (χ2n) is 5.15. The lowest BCUT2D eigenvalue weighted by atomic mass is 10.2. The maximum absolute atomic E-state index is 13.1. The zero-order valence-electron chi connectivity index (χ0n) is 13.1. The van der Waals surface area contributed by atoms with Gasteiger partial charge in [-0.25, -0.2) is 9.07 Å². The van der Waals surface area contributed by atoms with Gasteiger partial charge < -0.3 is 11.2 Å². The van der Waals surface area contributed by atoms with Crippen LogP contribution in [0.15, 0.2) is 47.6 Å². The van der Waals surface area contributed by atoms with E-state index in [-0.39, 0.29) is 16.7 Å². The van der Waals surface area contributed by atoms with Crippen molar-refractivity contribution < 1.29 is 9.18 Å². The van der Waals surface area contributed by atoms with E-state index in [9.17, 15) is 9.18 Å². The molecule has 10 heteroatoms. The van der Waals surface area contributed by atoms with Gasteiger partial charge in [0.25, 0.3) is 0 Å². The van der Waals surface area contributed by atoms with Crippen molar-refractivity contribution in [2.75, 3.05) is 16.9 Å². The predicted molar refractivity (Wildman–Crippen MR) is 101 cm³/mol. The number of benzene rings is 2. The molecule has 134 valence electrons. The van der Waals surface area contributed by atoms with Gasteiger partial charge in [0.1, 0.15) is 5.82 Å². The number of hydrogen-bond acceptors (Lipinski definition) is 5. The fourth-order valence-corrected chi connectivity index (χ4v) is 3.04. The zero-order chi connectivity index (χ0) is 18.7. The lowest BCUT2D eigenvalue weighted by Crippen LogP contribution is -2.16. The SMILES string of the molecule is Nn1c(SCC(=O)Nc2ccc(F)c(Cl)c2)nnc1-c1ccc(Cl)cc1. The number of hydrogen-bond donors (Lipinski definition) is 2. The van der Waals surface area contributed by atoms with Crippen LogP contribution in [-0.2, 0) is 4.79 Å². The standard InChI is InChI=1S/C16H12Cl2FN5OS/c17-10-3-1-9(2-4-10)15-22-23-16(24(15)20)26-8-14(25)21-11-5-6-13(19)12(18)7-11/h1-7H,8,20H2,(H,21,25). The maximum Gasteiger partial charge on any atom is 0.234 e. The van der Waals surface area contributed by atoms with Crippen LogP contribution in [0, 0.1) is 5.82 Å². The molecule has 0 saturated carbocycles. The number of carbonyl (C=O) groups is 1. The first kappa shape index (κ1) is 18.5. The van der Waals surface area contributed by atoms with E-state index in [0.717, 1.165) is 17.3 Å². The summed E-state index contributed by atoms with van der Waals surface area (Å²) in [7, 11) is 0. The molecule has 0 aliphatic heterocycles. The van der Waals surface area contributed by atoms with Crippen molar-refractivity contribution in [3.8, 4) is 11.4 Å². The molecule has 0 fully saturated rings. The van der Waals surface area contributed by atoms with E-state index in [1.165, 1.54) is 22.9 Å². The molecular weight excluding hydrogens is 400 g/mol. The number of nitrogens with zero attached hydrogens (tertiary/aromatic N) is 3. The summed E-state index contributed by atoms with van der Waals surface area (Å²) in [6.07, 6.45) is 0. The molecule has 2 aromatic carbocycles. The second kappa shape index (κ2) is 7.94. The van der Waals surface area contributed by atoms with Gasteiger partial charge in [-0.2, -0.15) is 0 Å². The number of halogens is 3. The highest BCUT2D eigenvalue weighted by Gasteiger charge is 2.14. The van der Waals surface area contributed by atoms with Crippen LogP contribution in [0.4, 0.5) is 10.1 Å². The highest BCUT2D eigenvalue weighted by molar-refractivity contribution is 7.99. The number of thioether (sulfide) groups is 1. The third kappa shape index (κ3) is 4.27. The molecule has 1 aromatic heterocycles. The number of nitrogens with two attached hydrogens (primary N) is 1. The Morgan fingerprint density at radius 3 is 2.62 bits per heavy atom. The number of nitrogens with one attached hydrogen (secondary N) is 1. The predicted octanol–water partition coefficient (Wildman–Crippen LogP) is 3.84. The minimum absolute atomic E-state index is 0.0466. The summed E-state index contributed by atoms with van der Waals surface area (Å²) in [5.41, 5.74) is 1.15. The van der Waals surface area contributed by atoms with Gasteiger partial charge in [-0.3, -0.25) is 4.79 Å². The van der Waals surface area contributed by atoms with Gasteiger partial charge in [0, 0.05) is 16.3 Å². The van der Waals surface area contributed by atoms with Crippen LogP contribution in [0.5, 0.6) is 0 Å². The van der Waals surface area contributed by atoms with Gasteiger partial charge in [0.2, 0.25) is 11.1 Å². The molecule has 0 atom stereocenters. The highest BCUT2D eigenvalue weighted by atomic mass is 35.5. The Labute approximate surface area is 162 Å². The summed E-state index contributed by atoms with van der Waals surface area (Å²) in [5, 5.41) is 11.6. The fourth-order valence-electron chi connectivity index (χ4n) is 2.07. The van der Waals surface area contributed by atoms with Gasteiger partial charge in [-0.1, -0.05) is 35.0 Å². The molecule has 1 amide bonds. The Morgan fingerprint density at radius 2 is 1.92 bits per heavy atom. The first-order valence-corrected chi connectivity index (χ1v) is 9.02. The second-order valence-corrected chi connectivity index (χ2v) is 6.93. The fraction of sp³-hybridized carbons (Fsp3) is 0.0625. The lowest BCUT2D eigenvalue weighted by molar-refractivity contribution is -0.113. The van der Waals surface area contributed by atoms with Crippen molar-refractivity contribution in [3.63, 3.8) is 0 Å². The maximum atomic E-state index is 13.1. The van der Waals surface area contributed by atoms with Gasteiger partial charge in [0.15, 0.2) is 5.82 Å². The first-order chi connectivity index (χ1) is 12.4. The van der Waals surface area contributed by atoms with Crippen LogP contribution >= 0.6 is 35.0 Å². The van der Waals surface area contributed by atoms with E-state index >= 15 is 0 Å². The van der Waals surface area contributed by atoms with Crippen molar-refractivity contribution in [2.45, 2.75) is 5.16 Å². The Morgan fingerprint density at radius 1 is 1.19 bits per heavy atom. The van der Waals surface area contributed by atoms with Crippen molar-refractivity contribution >= 4 is 46.6 Å². The van der Waals surface area contributed by atoms with Crippen molar-refractivity contribution in [1.29, 1.82) is 0 Å². The topological polar surface area (TPSA) is 85.8 Å². The van der Waals surface area contributed by atoms with E-state index in [2.05, 4.69) is 15.5 Å². The van der Waals surface area contributed by atoms with E-state index in [4.69, 9.17) is 29.0 Å². The quantitative estimate of drug-likeness (QED) is 0.491. The Balaban J connectivity index is 1.63. The van der Waals surface area contributed by atoms with Gasteiger partial charge in [-0.15, -0.1) is 10.2 Å². The molecule has 3 rings (SSSR count). The summed E-state index contributed by atoms with van der Waals surface area (Å²) in [4.78, 5) is 12.0. The van der Waals surface area contributed by atoms with Crippen LogP contribution in [0.3, 0.4) is 0 Å². The Bertz CT molecular complexity index is 948. The summed E-state index contributed by atoms with van der Waals surface area (Å²) in [6.45, 7) is 0. The lowest BCUT2D eigenvalue weighted by Gasteiger charge is -2.06. The summed E-state index contributed by atoms with van der Waals surface area (Å²) < 4.78 is 14.4. The van der Waals surface area contributed by atoms with E-state index in [1.807, 2.05) is 0 Å². The monoisotopic (exact) mass is 411 g/mol. The number of amides is 1. The highest BCUT2D eigenvalue weighted by Crippen LogP contribution is 2.23. The molecule has 0 spiro atoms. The van der Waals surface area contributed by atoms with Crippen molar-refractivity contribution in [1.82, 2.24) is 14.9 Å². The minimum Gasteiger partial charge on any atom is -0.335 e. The van der Waals surface area contributed by atoms with Crippen molar-refractivity contribution in [3.05, 3.63) is 58.3 Å². The van der Waals surface area contributed by atoms with E-state index in [0.29, 0.717) is 21.7 Å². The Kier molecular flexibility index (Phi) is 5.65. The largest absolute Gasteiger partial charge is 0.335 e. The molecule has 0 saturated heterocycles. The van der Waals surface area contributed by atoms with Crippen LogP contribution in [0.25, 0.3) is 11.4 Å². The third-order valence-corrected chi connectivity index (χ3v) is 4.79. The molecule has 0 unspecified atom stereocenters. The molecule has 0 aliphatic carbocycles. The van der Waals surface area contributed by atoms with E-state index < -0.39 is 5.82 Å². The van der Waals surface area contributed by atoms with E-state index in [1.54, 1.807) is 24.3 Å². The molecular formula is C16H12Cl2FN5OS. The van der Waals surface area contributed by atoms with Crippen LogP contribution in [-0.4, -0.2) is 26.5 Å². The van der Waals surface area contributed by atoms with Crippen LogP contribution in [0.2, 0.25) is 10.0 Å². The molecule has 3 aromatic rings. The average molecular weight is 412 g/mol. The summed E-state index contributed by atoms with van der Waals surface area (Å²) in [5.74, 6) is 5.63. The molecule has 26 heavy (non-hydrogen) atoms. The minimum atomic E-state index is -0.551. The zero-order valence-corrected chi connectivity index (χ0v) is 15.4. The molecule has 1 heterocycles. The molecule has 6 nitrogen and oxygen atoms in total. The summed E-state index contributed by atoms with van der Waals surface area (Å²) >= 11 is 12.7.